The normalized spacial score (nSPS) is 15.0. The number of carbonyl (C=O) groups is 2. The summed E-state index contributed by atoms with van der Waals surface area (Å²) >= 11 is 0. The highest BCUT2D eigenvalue weighted by Crippen LogP contribution is 2.32. The number of oxazole rings is 1. The minimum atomic E-state index is -1.13. The van der Waals surface area contributed by atoms with Crippen molar-refractivity contribution in [3.05, 3.63) is 59.1 Å². The standard InChI is InChI=1S/C24H29N5O5/c1-33-18-10-11-19-16(12-18)6-5-8-20(19)25-22(30)9-4-2-3-7-17-13-29(28-27-17)14-23-26-21(15-34-23)24(31)32/h10-13,15,20H,2-9,14H2,1H3,(H,25,30)(H,31,32). The van der Waals surface area contributed by atoms with Crippen LogP contribution in [0.5, 0.6) is 5.75 Å². The highest BCUT2D eigenvalue weighted by molar-refractivity contribution is 5.84. The average Bonchev–Trinajstić information content (AvgIpc) is 3.48. The fourth-order valence-electron chi connectivity index (χ4n) is 4.25. The van der Waals surface area contributed by atoms with E-state index in [0.29, 0.717) is 6.42 Å². The molecule has 1 aliphatic carbocycles. The fraction of sp³-hybridized carbons (Fsp3) is 0.458. The summed E-state index contributed by atoms with van der Waals surface area (Å²) in [5.41, 5.74) is 3.16. The summed E-state index contributed by atoms with van der Waals surface area (Å²) in [5.74, 6) is 0.0776. The van der Waals surface area contributed by atoms with E-state index in [9.17, 15) is 9.59 Å². The van der Waals surface area contributed by atoms with Crippen LogP contribution in [0.1, 0.15) is 77.8 Å². The van der Waals surface area contributed by atoms with Gasteiger partial charge >= 0.3 is 5.97 Å². The van der Waals surface area contributed by atoms with Crippen LogP contribution in [0.4, 0.5) is 0 Å². The van der Waals surface area contributed by atoms with Gasteiger partial charge in [0, 0.05) is 12.6 Å². The Balaban J connectivity index is 1.16. The van der Waals surface area contributed by atoms with E-state index in [1.54, 1.807) is 18.0 Å². The first-order valence-electron chi connectivity index (χ1n) is 11.5. The van der Waals surface area contributed by atoms with Gasteiger partial charge in [0.15, 0.2) is 5.69 Å². The lowest BCUT2D eigenvalue weighted by atomic mass is 9.87. The molecule has 2 heterocycles. The molecule has 0 saturated heterocycles. The van der Waals surface area contributed by atoms with Crippen molar-refractivity contribution in [3.63, 3.8) is 0 Å². The molecule has 0 spiro atoms. The number of hydrogen-bond donors (Lipinski definition) is 2. The number of amides is 1. The number of nitrogens with zero attached hydrogens (tertiary/aromatic N) is 4. The van der Waals surface area contributed by atoms with Gasteiger partial charge in [0.25, 0.3) is 0 Å². The van der Waals surface area contributed by atoms with E-state index in [1.807, 2.05) is 6.07 Å². The third kappa shape index (κ3) is 6.00. The number of aromatic carboxylic acids is 1. The van der Waals surface area contributed by atoms with E-state index in [1.165, 1.54) is 11.1 Å². The van der Waals surface area contributed by atoms with Crippen molar-refractivity contribution < 1.29 is 23.8 Å². The molecule has 1 unspecified atom stereocenters. The minimum absolute atomic E-state index is 0.0763. The molecule has 2 aromatic heterocycles. The van der Waals surface area contributed by atoms with E-state index in [-0.39, 0.29) is 30.1 Å². The summed E-state index contributed by atoms with van der Waals surface area (Å²) in [6, 6.07) is 6.17. The maximum atomic E-state index is 12.5. The Morgan fingerprint density at radius 3 is 2.97 bits per heavy atom. The number of carboxylic acids is 1. The second-order valence-corrected chi connectivity index (χ2v) is 8.48. The summed E-state index contributed by atoms with van der Waals surface area (Å²) in [5, 5.41) is 20.3. The van der Waals surface area contributed by atoms with Crippen molar-refractivity contribution >= 4 is 11.9 Å². The van der Waals surface area contributed by atoms with Crippen LogP contribution in [0.25, 0.3) is 0 Å². The van der Waals surface area contributed by atoms with Crippen molar-refractivity contribution in [3.8, 4) is 5.75 Å². The molecule has 10 heteroatoms. The molecule has 1 amide bonds. The number of benzene rings is 1. The molecule has 0 aliphatic heterocycles. The molecule has 34 heavy (non-hydrogen) atoms. The Labute approximate surface area is 197 Å². The molecular formula is C24H29N5O5. The van der Waals surface area contributed by atoms with Crippen LogP contribution >= 0.6 is 0 Å². The minimum Gasteiger partial charge on any atom is -0.497 e. The van der Waals surface area contributed by atoms with Gasteiger partial charge in [-0.05, 0) is 61.8 Å². The van der Waals surface area contributed by atoms with Gasteiger partial charge in [-0.2, -0.15) is 0 Å². The quantitative estimate of drug-likeness (QED) is 0.411. The van der Waals surface area contributed by atoms with Crippen molar-refractivity contribution in [1.29, 1.82) is 0 Å². The summed E-state index contributed by atoms with van der Waals surface area (Å²) < 4.78 is 12.0. The van der Waals surface area contributed by atoms with Crippen LogP contribution in [0.2, 0.25) is 0 Å². The molecule has 1 aromatic carbocycles. The smallest absolute Gasteiger partial charge is 0.357 e. The van der Waals surface area contributed by atoms with Gasteiger partial charge in [-0.3, -0.25) is 4.79 Å². The zero-order valence-electron chi connectivity index (χ0n) is 19.2. The summed E-state index contributed by atoms with van der Waals surface area (Å²) in [4.78, 5) is 27.2. The monoisotopic (exact) mass is 467 g/mol. The summed E-state index contributed by atoms with van der Waals surface area (Å²) in [6.45, 7) is 0.220. The lowest BCUT2D eigenvalue weighted by molar-refractivity contribution is -0.122. The van der Waals surface area contributed by atoms with Gasteiger partial charge < -0.3 is 19.6 Å². The number of aromatic nitrogens is 4. The van der Waals surface area contributed by atoms with Crippen LogP contribution < -0.4 is 10.1 Å². The van der Waals surface area contributed by atoms with Crippen molar-refractivity contribution in [2.75, 3.05) is 7.11 Å². The van der Waals surface area contributed by atoms with Crippen LogP contribution in [-0.2, 0) is 24.2 Å². The molecule has 3 aromatic rings. The molecule has 0 saturated carbocycles. The number of carbonyl (C=O) groups excluding carboxylic acids is 1. The Bertz CT molecular complexity index is 1140. The average molecular weight is 468 g/mol. The first kappa shape index (κ1) is 23.5. The number of hydrogen-bond acceptors (Lipinski definition) is 7. The first-order chi connectivity index (χ1) is 16.5. The third-order valence-corrected chi connectivity index (χ3v) is 5.99. The zero-order valence-corrected chi connectivity index (χ0v) is 19.2. The van der Waals surface area contributed by atoms with Crippen LogP contribution in [-0.4, -0.2) is 44.1 Å². The second-order valence-electron chi connectivity index (χ2n) is 8.48. The molecule has 4 rings (SSSR count). The predicted molar refractivity (Wildman–Crippen MR) is 122 cm³/mol. The largest absolute Gasteiger partial charge is 0.497 e. The number of rotatable bonds is 11. The van der Waals surface area contributed by atoms with Crippen LogP contribution in [0.15, 0.2) is 35.1 Å². The molecule has 1 aliphatic rings. The van der Waals surface area contributed by atoms with Gasteiger partial charge in [0.1, 0.15) is 18.6 Å². The highest BCUT2D eigenvalue weighted by atomic mass is 16.5. The molecule has 0 radical (unpaired) electrons. The van der Waals surface area contributed by atoms with Gasteiger partial charge in [0.2, 0.25) is 11.8 Å². The molecule has 2 N–H and O–H groups in total. The summed E-state index contributed by atoms with van der Waals surface area (Å²) in [6.07, 6.45) is 9.84. The van der Waals surface area contributed by atoms with E-state index in [4.69, 9.17) is 14.3 Å². The maximum absolute atomic E-state index is 12.5. The number of ether oxygens (including phenoxy) is 1. The van der Waals surface area contributed by atoms with Gasteiger partial charge in [-0.25, -0.2) is 14.5 Å². The molecule has 0 bridgehead atoms. The third-order valence-electron chi connectivity index (χ3n) is 5.99. The topological polar surface area (TPSA) is 132 Å². The predicted octanol–water partition coefficient (Wildman–Crippen LogP) is 3.32. The maximum Gasteiger partial charge on any atom is 0.357 e. The Morgan fingerprint density at radius 1 is 1.29 bits per heavy atom. The van der Waals surface area contributed by atoms with Crippen molar-refractivity contribution in [2.24, 2.45) is 0 Å². The lowest BCUT2D eigenvalue weighted by Crippen LogP contribution is -2.30. The molecule has 1 atom stereocenters. The van der Waals surface area contributed by atoms with Gasteiger partial charge in [-0.15, -0.1) is 5.10 Å². The molecule has 10 nitrogen and oxygen atoms in total. The number of fused-ring (bicyclic) bond motifs is 1. The Kier molecular flexibility index (Phi) is 7.56. The fourth-order valence-corrected chi connectivity index (χ4v) is 4.25. The van der Waals surface area contributed by atoms with Gasteiger partial charge in [-0.1, -0.05) is 17.7 Å². The first-order valence-corrected chi connectivity index (χ1v) is 11.5. The molecular weight excluding hydrogens is 438 g/mol. The van der Waals surface area contributed by atoms with Gasteiger partial charge in [0.05, 0.1) is 18.8 Å². The lowest BCUT2D eigenvalue weighted by Gasteiger charge is -2.27. The zero-order chi connectivity index (χ0) is 23.9. The van der Waals surface area contributed by atoms with Crippen LogP contribution in [0.3, 0.4) is 0 Å². The number of nitrogens with one attached hydrogen (secondary N) is 1. The SMILES string of the molecule is COc1ccc2c(c1)CCCC2NC(=O)CCCCCc1cn(Cc2nc(C(=O)O)co2)nn1. The van der Waals surface area contributed by atoms with E-state index >= 15 is 0 Å². The van der Waals surface area contributed by atoms with E-state index in [0.717, 1.165) is 62.7 Å². The van der Waals surface area contributed by atoms with Crippen molar-refractivity contribution in [1.82, 2.24) is 25.3 Å². The number of aryl methyl sites for hydroxylation is 2. The Morgan fingerprint density at radius 2 is 2.18 bits per heavy atom. The number of carboxylic acid groups (broad SMARTS) is 1. The second kappa shape index (κ2) is 11.0. The van der Waals surface area contributed by atoms with Crippen LogP contribution in [0, 0.1) is 0 Å². The van der Waals surface area contributed by atoms with Crippen molar-refractivity contribution in [2.45, 2.75) is 64.0 Å². The number of methoxy groups -OCH3 is 1. The molecule has 0 fully saturated rings. The highest BCUT2D eigenvalue weighted by Gasteiger charge is 2.22. The Hall–Kier alpha value is -3.69. The summed E-state index contributed by atoms with van der Waals surface area (Å²) in [7, 11) is 1.67. The van der Waals surface area contributed by atoms with E-state index < -0.39 is 5.97 Å². The number of unbranched alkanes of at least 4 members (excludes halogenated alkanes) is 2. The molecule has 180 valence electrons. The van der Waals surface area contributed by atoms with E-state index in [2.05, 4.69) is 32.7 Å².